The van der Waals surface area contributed by atoms with E-state index < -0.39 is 6.04 Å². The Morgan fingerprint density at radius 1 is 1.42 bits per heavy atom. The predicted molar refractivity (Wildman–Crippen MR) is 70.8 cm³/mol. The van der Waals surface area contributed by atoms with Gasteiger partial charge in [-0.25, -0.2) is 0 Å². The normalized spacial score (nSPS) is 26.8. The van der Waals surface area contributed by atoms with E-state index in [0.29, 0.717) is 6.61 Å². The molecule has 0 saturated carbocycles. The van der Waals surface area contributed by atoms with Crippen LogP contribution in [0.15, 0.2) is 30.5 Å². The summed E-state index contributed by atoms with van der Waals surface area (Å²) in [6.45, 7) is 0.351. The third-order valence-electron chi connectivity index (χ3n) is 3.64. The highest BCUT2D eigenvalue weighted by Gasteiger charge is 2.44. The molecule has 0 aliphatic carbocycles. The van der Waals surface area contributed by atoms with Crippen LogP contribution in [-0.2, 0) is 14.3 Å². The van der Waals surface area contributed by atoms with Crippen molar-refractivity contribution in [1.29, 1.82) is 0 Å². The van der Waals surface area contributed by atoms with Crippen LogP contribution in [-0.4, -0.2) is 36.8 Å². The molecule has 0 spiro atoms. The van der Waals surface area contributed by atoms with Gasteiger partial charge >= 0.3 is 5.97 Å². The first-order chi connectivity index (χ1) is 9.22. The maximum atomic E-state index is 11.7. The fourth-order valence-electron chi connectivity index (χ4n) is 2.74. The van der Waals surface area contributed by atoms with E-state index in [0.717, 1.165) is 16.5 Å². The number of fused-ring (bicyclic) bond motifs is 1. The Bertz CT molecular complexity index is 608. The number of hydrogen-bond acceptors (Lipinski definition) is 4. The van der Waals surface area contributed by atoms with Gasteiger partial charge in [0.25, 0.3) is 0 Å². The van der Waals surface area contributed by atoms with Gasteiger partial charge in [-0.1, -0.05) is 18.2 Å². The first-order valence-electron chi connectivity index (χ1n) is 6.23. The summed E-state index contributed by atoms with van der Waals surface area (Å²) in [6, 6.07) is 7.30. The van der Waals surface area contributed by atoms with Crippen LogP contribution in [0.1, 0.15) is 11.5 Å². The van der Waals surface area contributed by atoms with Crippen LogP contribution in [0.2, 0.25) is 0 Å². The van der Waals surface area contributed by atoms with Crippen molar-refractivity contribution in [2.45, 2.75) is 18.1 Å². The number of carbonyl (C=O) groups excluding carboxylic acids is 1. The number of para-hydroxylation sites is 1. The predicted octanol–water partition coefficient (Wildman–Crippen LogP) is 1.15. The molecule has 1 aromatic heterocycles. The number of cyclic esters (lactones) is 1. The molecule has 2 aromatic rings. The van der Waals surface area contributed by atoms with Crippen LogP contribution >= 0.6 is 0 Å². The van der Waals surface area contributed by atoms with E-state index in [-0.39, 0.29) is 18.0 Å². The van der Waals surface area contributed by atoms with Crippen molar-refractivity contribution in [2.24, 2.45) is 5.73 Å². The first-order valence-corrected chi connectivity index (χ1v) is 6.23. The average Bonchev–Trinajstić information content (AvgIpc) is 2.93. The van der Waals surface area contributed by atoms with Crippen molar-refractivity contribution in [3.8, 4) is 0 Å². The van der Waals surface area contributed by atoms with Crippen molar-refractivity contribution < 1.29 is 14.3 Å². The number of esters is 1. The average molecular weight is 260 g/mol. The second-order valence-corrected chi connectivity index (χ2v) is 4.77. The molecule has 0 amide bonds. The minimum absolute atomic E-state index is 0.177. The van der Waals surface area contributed by atoms with E-state index in [1.54, 1.807) is 7.11 Å². The van der Waals surface area contributed by atoms with E-state index >= 15 is 0 Å². The van der Waals surface area contributed by atoms with Crippen LogP contribution in [0.4, 0.5) is 0 Å². The van der Waals surface area contributed by atoms with Gasteiger partial charge in [0, 0.05) is 24.2 Å². The Morgan fingerprint density at radius 2 is 2.21 bits per heavy atom. The van der Waals surface area contributed by atoms with Gasteiger partial charge in [0.1, 0.15) is 12.1 Å². The third kappa shape index (κ3) is 1.91. The number of hydrogen-bond donors (Lipinski definition) is 2. The lowest BCUT2D eigenvalue weighted by Gasteiger charge is -2.18. The van der Waals surface area contributed by atoms with Gasteiger partial charge in [-0.15, -0.1) is 0 Å². The lowest BCUT2D eigenvalue weighted by Crippen LogP contribution is -2.33. The molecule has 1 saturated heterocycles. The number of ether oxygens (including phenoxy) is 2. The highest BCUT2D eigenvalue weighted by atomic mass is 16.6. The molecule has 3 atom stereocenters. The van der Waals surface area contributed by atoms with Crippen molar-refractivity contribution >= 4 is 16.9 Å². The Kier molecular flexibility index (Phi) is 3.00. The Morgan fingerprint density at radius 3 is 3.00 bits per heavy atom. The van der Waals surface area contributed by atoms with Gasteiger partial charge in [0.05, 0.1) is 12.5 Å². The molecule has 1 fully saturated rings. The monoisotopic (exact) mass is 260 g/mol. The van der Waals surface area contributed by atoms with Crippen LogP contribution in [0.5, 0.6) is 0 Å². The lowest BCUT2D eigenvalue weighted by atomic mass is 9.89. The Balaban J connectivity index is 2.05. The standard InChI is InChI=1S/C14H16N2O3/c1-18-7-11-12(13(15)14(17)19-11)9-6-16-10-5-3-2-4-8(9)10/h2-6,11-13,16H,7,15H2,1H3/t11-,12-,13+/m1/s1. The smallest absolute Gasteiger partial charge is 0.324 e. The van der Waals surface area contributed by atoms with Crippen molar-refractivity contribution in [3.05, 3.63) is 36.0 Å². The van der Waals surface area contributed by atoms with Crippen LogP contribution in [0, 0.1) is 0 Å². The van der Waals surface area contributed by atoms with Gasteiger partial charge in [0.2, 0.25) is 0 Å². The van der Waals surface area contributed by atoms with Gasteiger partial charge in [-0.3, -0.25) is 4.79 Å². The maximum absolute atomic E-state index is 11.7. The van der Waals surface area contributed by atoms with E-state index in [9.17, 15) is 4.79 Å². The molecule has 3 N–H and O–H groups in total. The minimum atomic E-state index is -0.639. The number of nitrogens with one attached hydrogen (secondary N) is 1. The number of benzene rings is 1. The quantitative estimate of drug-likeness (QED) is 0.812. The molecule has 5 heteroatoms. The Labute approximate surface area is 110 Å². The van der Waals surface area contributed by atoms with Gasteiger partial charge in [-0.2, -0.15) is 0 Å². The molecule has 0 radical (unpaired) electrons. The van der Waals surface area contributed by atoms with Crippen molar-refractivity contribution in [2.75, 3.05) is 13.7 Å². The topological polar surface area (TPSA) is 77.3 Å². The molecule has 3 rings (SSSR count). The molecule has 100 valence electrons. The van der Waals surface area contributed by atoms with E-state index in [4.69, 9.17) is 15.2 Å². The van der Waals surface area contributed by atoms with E-state index in [1.165, 1.54) is 0 Å². The molecule has 19 heavy (non-hydrogen) atoms. The molecule has 1 aromatic carbocycles. The number of methoxy groups -OCH3 is 1. The zero-order chi connectivity index (χ0) is 13.4. The first kappa shape index (κ1) is 12.2. The number of aromatic amines is 1. The molecular weight excluding hydrogens is 244 g/mol. The van der Waals surface area contributed by atoms with Crippen LogP contribution < -0.4 is 5.73 Å². The molecule has 0 bridgehead atoms. The molecular formula is C14H16N2O3. The minimum Gasteiger partial charge on any atom is -0.458 e. The third-order valence-corrected chi connectivity index (χ3v) is 3.64. The maximum Gasteiger partial charge on any atom is 0.324 e. The number of nitrogens with two attached hydrogens (primary N) is 1. The summed E-state index contributed by atoms with van der Waals surface area (Å²) in [6.07, 6.45) is 1.58. The zero-order valence-electron chi connectivity index (χ0n) is 10.6. The number of aromatic nitrogens is 1. The van der Waals surface area contributed by atoms with Gasteiger partial charge < -0.3 is 20.2 Å². The van der Waals surface area contributed by atoms with E-state index in [2.05, 4.69) is 4.98 Å². The van der Waals surface area contributed by atoms with Crippen LogP contribution in [0.25, 0.3) is 10.9 Å². The zero-order valence-corrected chi connectivity index (χ0v) is 10.6. The summed E-state index contributed by atoms with van der Waals surface area (Å²) in [7, 11) is 1.59. The van der Waals surface area contributed by atoms with E-state index in [1.807, 2.05) is 30.5 Å². The van der Waals surface area contributed by atoms with Gasteiger partial charge in [0.15, 0.2) is 0 Å². The lowest BCUT2D eigenvalue weighted by molar-refractivity contribution is -0.143. The summed E-state index contributed by atoms with van der Waals surface area (Å²) >= 11 is 0. The number of rotatable bonds is 3. The fraction of sp³-hybridized carbons (Fsp3) is 0.357. The largest absolute Gasteiger partial charge is 0.458 e. The molecule has 2 heterocycles. The SMILES string of the molecule is COC[C@H]1OC(=O)[C@@H](N)[C@@H]1c1c[nH]c2ccccc12. The Hall–Kier alpha value is -1.85. The van der Waals surface area contributed by atoms with Crippen molar-refractivity contribution in [1.82, 2.24) is 4.98 Å². The van der Waals surface area contributed by atoms with Gasteiger partial charge in [-0.05, 0) is 11.6 Å². The summed E-state index contributed by atoms with van der Waals surface area (Å²) in [5, 5.41) is 1.07. The highest BCUT2D eigenvalue weighted by molar-refractivity contribution is 5.87. The molecule has 0 unspecified atom stereocenters. The highest BCUT2D eigenvalue weighted by Crippen LogP contribution is 2.35. The summed E-state index contributed by atoms with van der Waals surface area (Å²) < 4.78 is 10.4. The molecule has 1 aliphatic rings. The summed E-state index contributed by atoms with van der Waals surface area (Å²) in [4.78, 5) is 14.9. The molecule has 5 nitrogen and oxygen atoms in total. The number of carbonyl (C=O) groups is 1. The van der Waals surface area contributed by atoms with Crippen LogP contribution in [0.3, 0.4) is 0 Å². The second kappa shape index (κ2) is 4.68. The van der Waals surface area contributed by atoms with Crippen molar-refractivity contribution in [3.63, 3.8) is 0 Å². The summed E-state index contributed by atoms with van der Waals surface area (Å²) in [5.41, 5.74) is 8.02. The molecule has 1 aliphatic heterocycles. The fourth-order valence-corrected chi connectivity index (χ4v) is 2.74. The summed E-state index contributed by atoms with van der Waals surface area (Å²) in [5.74, 6) is -0.541. The second-order valence-electron chi connectivity index (χ2n) is 4.77. The number of H-pyrrole nitrogens is 1.